The number of ether oxygens (including phenoxy) is 2. The highest BCUT2D eigenvalue weighted by atomic mass is 79.9. The first-order valence-electron chi connectivity index (χ1n) is 6.39. The fourth-order valence-corrected chi connectivity index (χ4v) is 2.56. The molecule has 0 amide bonds. The van der Waals surface area contributed by atoms with Crippen LogP contribution >= 0.6 is 15.9 Å². The van der Waals surface area contributed by atoms with Crippen LogP contribution in [0.2, 0.25) is 0 Å². The molecule has 0 saturated heterocycles. The summed E-state index contributed by atoms with van der Waals surface area (Å²) in [6.45, 7) is 1.53. The van der Waals surface area contributed by atoms with Crippen LogP contribution in [0, 0.1) is 0 Å². The van der Waals surface area contributed by atoms with Crippen LogP contribution in [0.1, 0.15) is 11.1 Å². The Labute approximate surface area is 128 Å². The molecule has 1 N–H and O–H groups in total. The molecule has 0 aliphatic carbocycles. The predicted molar refractivity (Wildman–Crippen MR) is 84.2 cm³/mol. The third-order valence-corrected chi connectivity index (χ3v) is 3.47. The number of halogens is 1. The zero-order chi connectivity index (χ0) is 14.4. The van der Waals surface area contributed by atoms with Crippen molar-refractivity contribution in [3.63, 3.8) is 0 Å². The maximum Gasteiger partial charge on any atom is 0.165 e. The Morgan fingerprint density at radius 3 is 2.40 bits per heavy atom. The van der Waals surface area contributed by atoms with Gasteiger partial charge in [0.15, 0.2) is 11.5 Å². The van der Waals surface area contributed by atoms with E-state index in [-0.39, 0.29) is 0 Å². The smallest absolute Gasteiger partial charge is 0.165 e. The van der Waals surface area contributed by atoms with E-state index in [0.717, 1.165) is 28.1 Å². The van der Waals surface area contributed by atoms with Gasteiger partial charge >= 0.3 is 0 Å². The van der Waals surface area contributed by atoms with E-state index in [1.165, 1.54) is 5.56 Å². The first-order valence-corrected chi connectivity index (χ1v) is 7.19. The molecule has 0 unspecified atom stereocenters. The SMILES string of the molecule is COc1cc(Br)cc(CNCc2ccccc2)c1OC. The standard InChI is InChI=1S/C16H18BrNO2/c1-19-15-9-14(17)8-13(16(15)20-2)11-18-10-12-6-4-3-5-7-12/h3-9,18H,10-11H2,1-2H3. The molecular weight excluding hydrogens is 318 g/mol. The summed E-state index contributed by atoms with van der Waals surface area (Å²) in [5.41, 5.74) is 2.32. The lowest BCUT2D eigenvalue weighted by molar-refractivity contribution is 0.350. The van der Waals surface area contributed by atoms with Gasteiger partial charge < -0.3 is 14.8 Å². The number of rotatable bonds is 6. The molecule has 0 heterocycles. The van der Waals surface area contributed by atoms with Crippen molar-refractivity contribution >= 4 is 15.9 Å². The summed E-state index contributed by atoms with van der Waals surface area (Å²) in [6.07, 6.45) is 0. The van der Waals surface area contributed by atoms with E-state index in [9.17, 15) is 0 Å². The Hall–Kier alpha value is -1.52. The van der Waals surface area contributed by atoms with Gasteiger partial charge in [-0.15, -0.1) is 0 Å². The van der Waals surface area contributed by atoms with Crippen LogP contribution < -0.4 is 14.8 Å². The van der Waals surface area contributed by atoms with Crippen molar-refractivity contribution in [3.8, 4) is 11.5 Å². The monoisotopic (exact) mass is 335 g/mol. The van der Waals surface area contributed by atoms with Crippen molar-refractivity contribution in [2.24, 2.45) is 0 Å². The largest absolute Gasteiger partial charge is 0.493 e. The molecule has 2 aromatic rings. The number of benzene rings is 2. The van der Waals surface area contributed by atoms with E-state index in [1.807, 2.05) is 30.3 Å². The fourth-order valence-electron chi connectivity index (χ4n) is 2.07. The van der Waals surface area contributed by atoms with E-state index in [2.05, 4.69) is 33.4 Å². The lowest BCUT2D eigenvalue weighted by atomic mass is 10.1. The van der Waals surface area contributed by atoms with E-state index in [0.29, 0.717) is 6.54 Å². The second kappa shape index (κ2) is 7.31. The topological polar surface area (TPSA) is 30.5 Å². The summed E-state index contributed by atoms with van der Waals surface area (Å²) in [4.78, 5) is 0. The third-order valence-electron chi connectivity index (χ3n) is 3.01. The van der Waals surface area contributed by atoms with E-state index in [4.69, 9.17) is 9.47 Å². The molecule has 106 valence electrons. The van der Waals surface area contributed by atoms with Crippen LogP contribution in [0.25, 0.3) is 0 Å². The summed E-state index contributed by atoms with van der Waals surface area (Å²) in [5.74, 6) is 1.51. The van der Waals surface area contributed by atoms with Gasteiger partial charge in [0, 0.05) is 23.1 Å². The summed E-state index contributed by atoms with van der Waals surface area (Å²) >= 11 is 3.49. The van der Waals surface area contributed by atoms with Gasteiger partial charge in [-0.25, -0.2) is 0 Å². The van der Waals surface area contributed by atoms with Gasteiger partial charge in [-0.2, -0.15) is 0 Å². The Bertz CT molecular complexity index is 558. The Kier molecular flexibility index (Phi) is 5.44. The van der Waals surface area contributed by atoms with Crippen LogP contribution in [0.3, 0.4) is 0 Å². The Morgan fingerprint density at radius 1 is 1.00 bits per heavy atom. The minimum absolute atomic E-state index is 0.716. The maximum absolute atomic E-state index is 5.44. The molecule has 2 rings (SSSR count). The van der Waals surface area contributed by atoms with Crippen LogP contribution in [0.15, 0.2) is 46.9 Å². The number of hydrogen-bond acceptors (Lipinski definition) is 3. The molecule has 0 aromatic heterocycles. The molecule has 0 aliphatic heterocycles. The molecule has 0 atom stereocenters. The third kappa shape index (κ3) is 3.74. The van der Waals surface area contributed by atoms with Gasteiger partial charge in [-0.1, -0.05) is 46.3 Å². The van der Waals surface area contributed by atoms with Crippen molar-refractivity contribution < 1.29 is 9.47 Å². The van der Waals surface area contributed by atoms with Crippen LogP contribution in [-0.2, 0) is 13.1 Å². The van der Waals surface area contributed by atoms with E-state index in [1.54, 1.807) is 14.2 Å². The molecular formula is C16H18BrNO2. The minimum atomic E-state index is 0.716. The molecule has 0 saturated carbocycles. The van der Waals surface area contributed by atoms with Crippen molar-refractivity contribution in [1.82, 2.24) is 5.32 Å². The van der Waals surface area contributed by atoms with Crippen LogP contribution in [0.5, 0.6) is 11.5 Å². The molecule has 0 aliphatic rings. The predicted octanol–water partition coefficient (Wildman–Crippen LogP) is 3.76. The van der Waals surface area contributed by atoms with Gasteiger partial charge in [0.25, 0.3) is 0 Å². The second-order valence-electron chi connectivity index (χ2n) is 4.39. The number of methoxy groups -OCH3 is 2. The van der Waals surface area contributed by atoms with Gasteiger partial charge in [-0.05, 0) is 17.7 Å². The first kappa shape index (κ1) is 14.9. The average molecular weight is 336 g/mol. The normalized spacial score (nSPS) is 10.3. The Balaban J connectivity index is 2.07. The minimum Gasteiger partial charge on any atom is -0.493 e. The van der Waals surface area contributed by atoms with E-state index < -0.39 is 0 Å². The average Bonchev–Trinajstić information content (AvgIpc) is 2.47. The van der Waals surface area contributed by atoms with Crippen molar-refractivity contribution in [2.75, 3.05) is 14.2 Å². The number of hydrogen-bond donors (Lipinski definition) is 1. The molecule has 0 radical (unpaired) electrons. The molecule has 4 heteroatoms. The summed E-state index contributed by atoms with van der Waals surface area (Å²) in [6, 6.07) is 14.3. The molecule has 2 aromatic carbocycles. The molecule has 0 bridgehead atoms. The highest BCUT2D eigenvalue weighted by molar-refractivity contribution is 9.10. The summed E-state index contributed by atoms with van der Waals surface area (Å²) < 4.78 is 11.8. The van der Waals surface area contributed by atoms with Crippen molar-refractivity contribution in [3.05, 3.63) is 58.1 Å². The Morgan fingerprint density at radius 2 is 1.75 bits per heavy atom. The highest BCUT2D eigenvalue weighted by Gasteiger charge is 2.11. The first-order chi connectivity index (χ1) is 9.74. The van der Waals surface area contributed by atoms with Crippen LogP contribution in [-0.4, -0.2) is 14.2 Å². The van der Waals surface area contributed by atoms with E-state index >= 15 is 0 Å². The second-order valence-corrected chi connectivity index (χ2v) is 5.31. The highest BCUT2D eigenvalue weighted by Crippen LogP contribution is 2.34. The maximum atomic E-state index is 5.44. The van der Waals surface area contributed by atoms with Crippen molar-refractivity contribution in [2.45, 2.75) is 13.1 Å². The molecule has 0 fully saturated rings. The van der Waals surface area contributed by atoms with Gasteiger partial charge in [0.1, 0.15) is 0 Å². The van der Waals surface area contributed by atoms with Gasteiger partial charge in [0.05, 0.1) is 14.2 Å². The summed E-state index contributed by atoms with van der Waals surface area (Å²) in [5, 5.41) is 3.41. The summed E-state index contributed by atoms with van der Waals surface area (Å²) in [7, 11) is 3.30. The van der Waals surface area contributed by atoms with Gasteiger partial charge in [0.2, 0.25) is 0 Å². The molecule has 0 spiro atoms. The fraction of sp³-hybridized carbons (Fsp3) is 0.250. The van der Waals surface area contributed by atoms with Crippen molar-refractivity contribution in [1.29, 1.82) is 0 Å². The lowest BCUT2D eigenvalue weighted by Gasteiger charge is -2.14. The lowest BCUT2D eigenvalue weighted by Crippen LogP contribution is -2.13. The van der Waals surface area contributed by atoms with Gasteiger partial charge in [-0.3, -0.25) is 0 Å². The molecule has 20 heavy (non-hydrogen) atoms. The molecule has 3 nitrogen and oxygen atoms in total. The van der Waals surface area contributed by atoms with Crippen LogP contribution in [0.4, 0.5) is 0 Å². The zero-order valence-corrected chi connectivity index (χ0v) is 13.2. The quantitative estimate of drug-likeness (QED) is 0.871. The zero-order valence-electron chi connectivity index (χ0n) is 11.7. The number of nitrogens with one attached hydrogen (secondary N) is 1.